The smallest absolute Gasteiger partial charge is 0.327 e. The van der Waals surface area contributed by atoms with E-state index in [1.54, 1.807) is 27.2 Å². The van der Waals surface area contributed by atoms with Crippen LogP contribution in [0, 0.1) is 0 Å². The lowest BCUT2D eigenvalue weighted by Crippen LogP contribution is -2.31. The highest BCUT2D eigenvalue weighted by Gasteiger charge is 2.30. The third kappa shape index (κ3) is 3.42. The molecule has 0 spiro atoms. The summed E-state index contributed by atoms with van der Waals surface area (Å²) < 4.78 is 15.6. The Morgan fingerprint density at radius 3 is 2.55 bits per heavy atom. The van der Waals surface area contributed by atoms with E-state index in [1.807, 2.05) is 12.1 Å². The van der Waals surface area contributed by atoms with Crippen LogP contribution in [0.5, 0.6) is 11.5 Å². The second-order valence-corrected chi connectivity index (χ2v) is 4.74. The molecule has 1 saturated carbocycles. The Morgan fingerprint density at radius 2 is 2.00 bits per heavy atom. The van der Waals surface area contributed by atoms with Gasteiger partial charge in [-0.25, -0.2) is 4.79 Å². The summed E-state index contributed by atoms with van der Waals surface area (Å²) in [5.41, 5.74) is 0.827. The number of methoxy groups -OCH3 is 2. The summed E-state index contributed by atoms with van der Waals surface area (Å²) in [7, 11) is 3.16. The van der Waals surface area contributed by atoms with E-state index in [2.05, 4.69) is 5.32 Å². The molecule has 1 N–H and O–H groups in total. The molecule has 1 aromatic carbocycles. The van der Waals surface area contributed by atoms with Crippen LogP contribution >= 0.6 is 0 Å². The fraction of sp³-hybridized carbons (Fsp3) is 0.533. The summed E-state index contributed by atoms with van der Waals surface area (Å²) in [5.74, 6) is 0.994. The third-order valence-corrected chi connectivity index (χ3v) is 3.24. The Bertz CT molecular complexity index is 471. The predicted molar refractivity (Wildman–Crippen MR) is 75.1 cm³/mol. The Hall–Kier alpha value is -1.75. The minimum atomic E-state index is -0.456. The van der Waals surface area contributed by atoms with Gasteiger partial charge in [0, 0.05) is 6.04 Å². The van der Waals surface area contributed by atoms with Crippen LogP contribution < -0.4 is 14.8 Å². The van der Waals surface area contributed by atoms with Crippen LogP contribution in [0.3, 0.4) is 0 Å². The van der Waals surface area contributed by atoms with E-state index in [9.17, 15) is 4.79 Å². The maximum atomic E-state index is 12.1. The lowest BCUT2D eigenvalue weighted by Gasteiger charge is -2.18. The van der Waals surface area contributed by atoms with Gasteiger partial charge in [-0.2, -0.15) is 0 Å². The average molecular weight is 279 g/mol. The second kappa shape index (κ2) is 6.61. The SMILES string of the molecule is CCOC(=O)C(NC1CC1)c1ccc(OC)c(OC)c1. The van der Waals surface area contributed by atoms with Crippen LogP contribution in [0.4, 0.5) is 0 Å². The highest BCUT2D eigenvalue weighted by molar-refractivity contribution is 5.78. The van der Waals surface area contributed by atoms with E-state index in [1.165, 1.54) is 0 Å². The first-order valence-electron chi connectivity index (χ1n) is 6.84. The van der Waals surface area contributed by atoms with Gasteiger partial charge in [0.05, 0.1) is 20.8 Å². The number of benzene rings is 1. The zero-order valence-electron chi connectivity index (χ0n) is 12.1. The zero-order valence-corrected chi connectivity index (χ0v) is 12.1. The second-order valence-electron chi connectivity index (χ2n) is 4.74. The molecule has 1 aromatic rings. The average Bonchev–Trinajstić information content (AvgIpc) is 3.28. The zero-order chi connectivity index (χ0) is 14.5. The maximum Gasteiger partial charge on any atom is 0.327 e. The lowest BCUT2D eigenvalue weighted by molar-refractivity contribution is -0.145. The number of esters is 1. The van der Waals surface area contributed by atoms with Crippen molar-refractivity contribution in [1.82, 2.24) is 5.32 Å². The van der Waals surface area contributed by atoms with E-state index in [0.717, 1.165) is 18.4 Å². The van der Waals surface area contributed by atoms with Crippen LogP contribution in [0.1, 0.15) is 31.4 Å². The van der Waals surface area contributed by atoms with E-state index in [4.69, 9.17) is 14.2 Å². The standard InChI is InChI=1S/C15H21NO4/c1-4-20-15(17)14(16-11-6-7-11)10-5-8-12(18-2)13(9-10)19-3/h5,8-9,11,14,16H,4,6-7H2,1-3H3. The molecule has 1 fully saturated rings. The normalized spacial score (nSPS) is 15.6. The molecule has 0 saturated heterocycles. The summed E-state index contributed by atoms with van der Waals surface area (Å²) in [4.78, 5) is 12.1. The fourth-order valence-corrected chi connectivity index (χ4v) is 2.04. The molecule has 1 aliphatic carbocycles. The van der Waals surface area contributed by atoms with Crippen molar-refractivity contribution < 1.29 is 19.0 Å². The van der Waals surface area contributed by atoms with E-state index in [-0.39, 0.29) is 5.97 Å². The molecule has 20 heavy (non-hydrogen) atoms. The van der Waals surface area contributed by atoms with Crippen molar-refractivity contribution in [3.05, 3.63) is 23.8 Å². The number of nitrogens with one attached hydrogen (secondary N) is 1. The number of rotatable bonds is 7. The van der Waals surface area contributed by atoms with Crippen LogP contribution in [0.25, 0.3) is 0 Å². The summed E-state index contributed by atoms with van der Waals surface area (Å²) in [6, 6.07) is 5.42. The van der Waals surface area contributed by atoms with Crippen molar-refractivity contribution in [1.29, 1.82) is 0 Å². The summed E-state index contributed by atoms with van der Waals surface area (Å²) in [6.45, 7) is 2.18. The molecule has 5 heteroatoms. The topological polar surface area (TPSA) is 56.8 Å². The molecule has 110 valence electrons. The summed E-state index contributed by atoms with van der Waals surface area (Å²) in [6.07, 6.45) is 2.20. The van der Waals surface area contributed by atoms with Crippen molar-refractivity contribution >= 4 is 5.97 Å². The molecule has 0 bridgehead atoms. The Balaban J connectivity index is 2.24. The van der Waals surface area contributed by atoms with Gasteiger partial charge in [0.2, 0.25) is 0 Å². The van der Waals surface area contributed by atoms with E-state index >= 15 is 0 Å². The number of carbonyl (C=O) groups is 1. The van der Waals surface area contributed by atoms with Crippen LogP contribution in [-0.4, -0.2) is 32.8 Å². The molecule has 1 atom stereocenters. The molecule has 5 nitrogen and oxygen atoms in total. The first-order valence-corrected chi connectivity index (χ1v) is 6.84. The first-order chi connectivity index (χ1) is 9.69. The lowest BCUT2D eigenvalue weighted by atomic mass is 10.1. The largest absolute Gasteiger partial charge is 0.493 e. The van der Waals surface area contributed by atoms with Gasteiger partial charge in [-0.05, 0) is 37.5 Å². The third-order valence-electron chi connectivity index (χ3n) is 3.24. The monoisotopic (exact) mass is 279 g/mol. The number of hydrogen-bond donors (Lipinski definition) is 1. The number of ether oxygens (including phenoxy) is 3. The van der Waals surface area contributed by atoms with Crippen molar-refractivity contribution in [2.45, 2.75) is 31.8 Å². The maximum absolute atomic E-state index is 12.1. The van der Waals surface area contributed by atoms with E-state index in [0.29, 0.717) is 24.1 Å². The molecule has 0 amide bonds. The number of hydrogen-bond acceptors (Lipinski definition) is 5. The van der Waals surface area contributed by atoms with Crippen molar-refractivity contribution in [2.24, 2.45) is 0 Å². The van der Waals surface area contributed by atoms with Crippen LogP contribution in [0.15, 0.2) is 18.2 Å². The minimum absolute atomic E-state index is 0.258. The molecule has 0 aliphatic heterocycles. The predicted octanol–water partition coefficient (Wildman–Crippen LogP) is 2.06. The van der Waals surface area contributed by atoms with Gasteiger partial charge in [-0.1, -0.05) is 6.07 Å². The van der Waals surface area contributed by atoms with Gasteiger partial charge in [0.25, 0.3) is 0 Å². The number of carbonyl (C=O) groups excluding carboxylic acids is 1. The summed E-state index contributed by atoms with van der Waals surface area (Å²) in [5, 5.41) is 3.31. The summed E-state index contributed by atoms with van der Waals surface area (Å²) >= 11 is 0. The van der Waals surface area contributed by atoms with Gasteiger partial charge in [-0.15, -0.1) is 0 Å². The van der Waals surface area contributed by atoms with Crippen molar-refractivity contribution in [2.75, 3.05) is 20.8 Å². The van der Waals surface area contributed by atoms with Crippen LogP contribution in [0.2, 0.25) is 0 Å². The highest BCUT2D eigenvalue weighted by atomic mass is 16.5. The first kappa shape index (κ1) is 14.7. The van der Waals surface area contributed by atoms with Crippen molar-refractivity contribution in [3.63, 3.8) is 0 Å². The van der Waals surface area contributed by atoms with Crippen molar-refractivity contribution in [3.8, 4) is 11.5 Å². The molecular weight excluding hydrogens is 258 g/mol. The van der Waals surface area contributed by atoms with E-state index < -0.39 is 6.04 Å². The molecule has 1 unspecified atom stereocenters. The molecular formula is C15H21NO4. The van der Waals surface area contributed by atoms with Crippen LogP contribution in [-0.2, 0) is 9.53 Å². The van der Waals surface area contributed by atoms with Gasteiger partial charge in [-0.3, -0.25) is 5.32 Å². The molecule has 0 heterocycles. The minimum Gasteiger partial charge on any atom is -0.493 e. The highest BCUT2D eigenvalue weighted by Crippen LogP contribution is 2.32. The van der Waals surface area contributed by atoms with Gasteiger partial charge < -0.3 is 14.2 Å². The van der Waals surface area contributed by atoms with Gasteiger partial charge in [0.1, 0.15) is 6.04 Å². The Labute approximate surface area is 119 Å². The molecule has 2 rings (SSSR count). The molecule has 0 aromatic heterocycles. The Morgan fingerprint density at radius 1 is 1.30 bits per heavy atom. The quantitative estimate of drug-likeness (QED) is 0.774. The Kier molecular flexibility index (Phi) is 4.84. The van der Waals surface area contributed by atoms with Gasteiger partial charge in [0.15, 0.2) is 11.5 Å². The fourth-order valence-electron chi connectivity index (χ4n) is 2.04. The van der Waals surface area contributed by atoms with Gasteiger partial charge >= 0.3 is 5.97 Å². The molecule has 1 aliphatic rings. The molecule has 0 radical (unpaired) electrons.